The maximum Gasteiger partial charge on any atom is 0.407 e. The number of aryl methyl sites for hydroxylation is 1. The van der Waals surface area contributed by atoms with E-state index in [2.05, 4.69) is 5.32 Å². The Hall–Kier alpha value is -3.08. The van der Waals surface area contributed by atoms with Crippen molar-refractivity contribution in [3.05, 3.63) is 39.4 Å². The molecule has 1 atom stereocenters. The molecule has 0 spiro atoms. The summed E-state index contributed by atoms with van der Waals surface area (Å²) in [6.45, 7) is 8.83. The first-order chi connectivity index (χ1) is 15.1. The van der Waals surface area contributed by atoms with E-state index in [9.17, 15) is 14.9 Å². The first kappa shape index (κ1) is 22.1. The third-order valence-electron chi connectivity index (χ3n) is 6.09. The fourth-order valence-electron chi connectivity index (χ4n) is 4.58. The second kappa shape index (κ2) is 8.12. The lowest BCUT2D eigenvalue weighted by Gasteiger charge is -2.25. The monoisotopic (exact) mass is 440 g/mol. The first-order valence-corrected chi connectivity index (χ1v) is 11.1. The van der Waals surface area contributed by atoms with Crippen LogP contribution in [-0.2, 0) is 4.74 Å². The zero-order valence-electron chi connectivity index (χ0n) is 19.0. The van der Waals surface area contributed by atoms with Gasteiger partial charge in [0.15, 0.2) is 5.82 Å². The highest BCUT2D eigenvalue weighted by Gasteiger charge is 2.32. The normalized spacial score (nSPS) is 18.6. The summed E-state index contributed by atoms with van der Waals surface area (Å²) in [5.41, 5.74) is 1.01. The van der Waals surface area contributed by atoms with E-state index in [4.69, 9.17) is 4.74 Å². The molecule has 1 unspecified atom stereocenters. The van der Waals surface area contributed by atoms with Gasteiger partial charge in [0, 0.05) is 37.1 Å². The van der Waals surface area contributed by atoms with Crippen molar-refractivity contribution in [3.63, 3.8) is 0 Å². The molecule has 1 saturated heterocycles. The Balaban J connectivity index is 1.64. The first-order valence-electron chi connectivity index (χ1n) is 11.1. The van der Waals surface area contributed by atoms with E-state index in [-0.39, 0.29) is 23.1 Å². The predicted octanol–water partition coefficient (Wildman–Crippen LogP) is 4.01. The molecule has 0 radical (unpaired) electrons. The number of nitriles is 1. The van der Waals surface area contributed by atoms with Gasteiger partial charge in [-0.15, -0.1) is 0 Å². The molecule has 1 amide bonds. The molecule has 2 fully saturated rings. The number of amides is 1. The van der Waals surface area contributed by atoms with E-state index >= 15 is 4.39 Å². The summed E-state index contributed by atoms with van der Waals surface area (Å²) in [5.74, 6) is -0.414. The Kier molecular flexibility index (Phi) is 5.61. The van der Waals surface area contributed by atoms with Gasteiger partial charge in [0.2, 0.25) is 0 Å². The van der Waals surface area contributed by atoms with Gasteiger partial charge < -0.3 is 19.5 Å². The van der Waals surface area contributed by atoms with Crippen LogP contribution in [-0.4, -0.2) is 35.9 Å². The lowest BCUT2D eigenvalue weighted by molar-refractivity contribution is 0.0520. The van der Waals surface area contributed by atoms with Gasteiger partial charge in [0.05, 0.1) is 16.8 Å². The van der Waals surface area contributed by atoms with Crippen LogP contribution in [0.1, 0.15) is 57.2 Å². The number of alkyl carbamates (subject to hydrolysis) is 1. The van der Waals surface area contributed by atoms with Crippen LogP contribution in [0.25, 0.3) is 10.9 Å². The fourth-order valence-corrected chi connectivity index (χ4v) is 4.58. The van der Waals surface area contributed by atoms with E-state index in [0.29, 0.717) is 41.8 Å². The van der Waals surface area contributed by atoms with Gasteiger partial charge in [-0.25, -0.2) is 9.18 Å². The number of anilines is 1. The summed E-state index contributed by atoms with van der Waals surface area (Å²) in [6.07, 6.45) is 2.13. The van der Waals surface area contributed by atoms with Crippen LogP contribution in [0.4, 0.5) is 14.9 Å². The second-order valence-corrected chi connectivity index (χ2v) is 9.79. The lowest BCUT2D eigenvalue weighted by atomic mass is 10.0. The summed E-state index contributed by atoms with van der Waals surface area (Å²) in [6, 6.07) is 5.11. The van der Waals surface area contributed by atoms with Gasteiger partial charge in [0.25, 0.3) is 5.56 Å². The van der Waals surface area contributed by atoms with E-state index in [1.54, 1.807) is 10.6 Å². The summed E-state index contributed by atoms with van der Waals surface area (Å²) in [4.78, 5) is 26.5. The molecule has 2 aromatic rings. The number of pyridine rings is 1. The highest BCUT2D eigenvalue weighted by atomic mass is 19.1. The molecular weight excluding hydrogens is 411 g/mol. The Morgan fingerprint density at radius 3 is 2.66 bits per heavy atom. The number of hydrogen-bond acceptors (Lipinski definition) is 5. The topological polar surface area (TPSA) is 87.4 Å². The molecule has 1 saturated carbocycles. The Morgan fingerprint density at radius 2 is 2.03 bits per heavy atom. The Morgan fingerprint density at radius 1 is 1.31 bits per heavy atom. The number of carbonyl (C=O) groups is 1. The number of rotatable bonds is 4. The van der Waals surface area contributed by atoms with Crippen LogP contribution in [0, 0.1) is 30.0 Å². The van der Waals surface area contributed by atoms with Crippen molar-refractivity contribution in [2.75, 3.05) is 24.5 Å². The van der Waals surface area contributed by atoms with Crippen molar-refractivity contribution >= 4 is 22.7 Å². The number of fused-ring (bicyclic) bond motifs is 1. The molecule has 2 aliphatic rings. The molecular formula is C24H29FN4O3. The number of benzene rings is 1. The molecule has 1 aromatic carbocycles. The van der Waals surface area contributed by atoms with Crippen molar-refractivity contribution in [2.24, 2.45) is 5.92 Å². The van der Waals surface area contributed by atoms with E-state index in [1.807, 2.05) is 38.7 Å². The molecule has 1 aliphatic heterocycles. The number of nitrogens with one attached hydrogen (secondary N) is 1. The SMILES string of the molecule is Cc1c(N2CCC(CNC(=O)OC(C)(C)C)C2)c(F)c(C#N)c2ccc(=O)n(C3CC3)c12. The van der Waals surface area contributed by atoms with Gasteiger partial charge in [-0.05, 0) is 64.5 Å². The lowest BCUT2D eigenvalue weighted by Crippen LogP contribution is -2.36. The third kappa shape index (κ3) is 4.16. The molecule has 1 aromatic heterocycles. The summed E-state index contributed by atoms with van der Waals surface area (Å²) >= 11 is 0. The maximum atomic E-state index is 15.6. The van der Waals surface area contributed by atoms with Crippen molar-refractivity contribution in [1.82, 2.24) is 9.88 Å². The molecule has 170 valence electrons. The van der Waals surface area contributed by atoms with E-state index in [1.165, 1.54) is 6.07 Å². The van der Waals surface area contributed by atoms with Crippen LogP contribution in [0.5, 0.6) is 0 Å². The fraction of sp³-hybridized carbons (Fsp3) is 0.542. The van der Waals surface area contributed by atoms with Gasteiger partial charge >= 0.3 is 6.09 Å². The number of carbonyl (C=O) groups excluding carboxylic acids is 1. The minimum absolute atomic E-state index is 0.0228. The Labute approximate surface area is 186 Å². The van der Waals surface area contributed by atoms with Gasteiger partial charge in [-0.1, -0.05) is 0 Å². The van der Waals surface area contributed by atoms with Crippen molar-refractivity contribution in [2.45, 2.75) is 58.6 Å². The van der Waals surface area contributed by atoms with E-state index in [0.717, 1.165) is 19.3 Å². The summed E-state index contributed by atoms with van der Waals surface area (Å²) < 4.78 is 22.6. The quantitative estimate of drug-likeness (QED) is 0.776. The molecule has 8 heteroatoms. The van der Waals surface area contributed by atoms with Crippen LogP contribution in [0.2, 0.25) is 0 Å². The number of halogens is 1. The Bertz CT molecular complexity index is 1170. The van der Waals surface area contributed by atoms with Crippen LogP contribution < -0.4 is 15.8 Å². The largest absolute Gasteiger partial charge is 0.444 e. The summed E-state index contributed by atoms with van der Waals surface area (Å²) in [5, 5.41) is 13.0. The zero-order valence-corrected chi connectivity index (χ0v) is 19.0. The highest BCUT2D eigenvalue weighted by molar-refractivity contribution is 5.93. The summed E-state index contributed by atoms with van der Waals surface area (Å²) in [7, 11) is 0. The number of hydrogen-bond donors (Lipinski definition) is 1. The number of ether oxygens (including phenoxy) is 1. The predicted molar refractivity (Wildman–Crippen MR) is 120 cm³/mol. The molecule has 0 bridgehead atoms. The number of nitrogens with zero attached hydrogens (tertiary/aromatic N) is 3. The van der Waals surface area contributed by atoms with Gasteiger partial charge in [0.1, 0.15) is 11.7 Å². The van der Waals surface area contributed by atoms with Crippen molar-refractivity contribution in [3.8, 4) is 6.07 Å². The molecule has 7 nitrogen and oxygen atoms in total. The van der Waals surface area contributed by atoms with Gasteiger partial charge in [-0.2, -0.15) is 5.26 Å². The number of aromatic nitrogens is 1. The maximum absolute atomic E-state index is 15.6. The van der Waals surface area contributed by atoms with Crippen LogP contribution in [0.15, 0.2) is 16.9 Å². The zero-order chi connectivity index (χ0) is 23.2. The molecule has 1 N–H and O–H groups in total. The molecule has 32 heavy (non-hydrogen) atoms. The molecule has 4 rings (SSSR count). The second-order valence-electron chi connectivity index (χ2n) is 9.79. The smallest absolute Gasteiger partial charge is 0.407 e. The average molecular weight is 441 g/mol. The van der Waals surface area contributed by atoms with Crippen LogP contribution in [0.3, 0.4) is 0 Å². The van der Waals surface area contributed by atoms with Crippen molar-refractivity contribution < 1.29 is 13.9 Å². The van der Waals surface area contributed by atoms with Crippen molar-refractivity contribution in [1.29, 1.82) is 5.26 Å². The average Bonchev–Trinajstić information content (AvgIpc) is 3.44. The molecule has 1 aliphatic carbocycles. The van der Waals surface area contributed by atoms with Gasteiger partial charge in [-0.3, -0.25) is 4.79 Å². The third-order valence-corrected chi connectivity index (χ3v) is 6.09. The highest BCUT2D eigenvalue weighted by Crippen LogP contribution is 2.41. The minimum atomic E-state index is -0.567. The van der Waals surface area contributed by atoms with Crippen LogP contribution >= 0.6 is 0 Å². The molecule has 2 heterocycles. The standard InChI is InChI=1S/C24H29FN4O3/c1-14-21-17(7-8-19(30)29(21)16-5-6-16)18(11-26)20(25)22(14)28-10-9-15(13-28)12-27-23(31)32-24(2,3)4/h7-8,15-16H,5-6,9-10,12-13H2,1-4H3,(H,27,31). The van der Waals surface area contributed by atoms with E-state index < -0.39 is 17.5 Å². The minimum Gasteiger partial charge on any atom is -0.444 e.